The van der Waals surface area contributed by atoms with Crippen molar-refractivity contribution in [1.82, 2.24) is 19.4 Å². The molecule has 1 fully saturated rings. The molecule has 1 saturated heterocycles. The van der Waals surface area contributed by atoms with E-state index in [0.29, 0.717) is 5.15 Å². The van der Waals surface area contributed by atoms with E-state index in [1.54, 1.807) is 18.3 Å². The van der Waals surface area contributed by atoms with Crippen molar-refractivity contribution in [3.05, 3.63) is 59.9 Å². The predicted molar refractivity (Wildman–Crippen MR) is 108 cm³/mol. The van der Waals surface area contributed by atoms with E-state index < -0.39 is 0 Å². The van der Waals surface area contributed by atoms with Gasteiger partial charge in [0, 0.05) is 43.5 Å². The van der Waals surface area contributed by atoms with Crippen LogP contribution in [0.3, 0.4) is 0 Å². The van der Waals surface area contributed by atoms with Crippen LogP contribution >= 0.6 is 11.6 Å². The van der Waals surface area contributed by atoms with E-state index in [1.165, 1.54) is 12.1 Å². The van der Waals surface area contributed by atoms with E-state index in [9.17, 15) is 4.39 Å². The van der Waals surface area contributed by atoms with Gasteiger partial charge < -0.3 is 9.30 Å². The van der Waals surface area contributed by atoms with E-state index in [0.717, 1.165) is 68.3 Å². The second-order valence-electron chi connectivity index (χ2n) is 6.82. The lowest BCUT2D eigenvalue weighted by Gasteiger charge is -2.26. The summed E-state index contributed by atoms with van der Waals surface area (Å²) >= 11 is 6.13. The summed E-state index contributed by atoms with van der Waals surface area (Å²) in [4.78, 5) is 11.1. The van der Waals surface area contributed by atoms with Crippen LogP contribution in [0.4, 0.5) is 4.39 Å². The number of rotatable bonds is 6. The number of aryl methyl sites for hydroxylation is 1. The van der Waals surface area contributed by atoms with Crippen LogP contribution in [0, 0.1) is 5.82 Å². The van der Waals surface area contributed by atoms with Crippen LogP contribution in [0.25, 0.3) is 22.5 Å². The Hall–Kier alpha value is -2.28. The fourth-order valence-corrected chi connectivity index (χ4v) is 3.69. The average Bonchev–Trinajstić information content (AvgIpc) is 3.13. The number of hydrogen-bond donors (Lipinski definition) is 0. The van der Waals surface area contributed by atoms with Crippen molar-refractivity contribution in [2.45, 2.75) is 13.0 Å². The van der Waals surface area contributed by atoms with Gasteiger partial charge in [0.1, 0.15) is 11.0 Å². The molecular weight excluding hydrogens is 379 g/mol. The Morgan fingerprint density at radius 2 is 1.79 bits per heavy atom. The monoisotopic (exact) mass is 400 g/mol. The summed E-state index contributed by atoms with van der Waals surface area (Å²) in [5, 5.41) is 0.434. The second kappa shape index (κ2) is 8.82. The normalized spacial score (nSPS) is 15.1. The van der Waals surface area contributed by atoms with Gasteiger partial charge in [-0.2, -0.15) is 0 Å². The molecule has 0 aliphatic carbocycles. The highest BCUT2D eigenvalue weighted by Crippen LogP contribution is 2.32. The lowest BCUT2D eigenvalue weighted by atomic mass is 10.1. The molecule has 1 aliphatic rings. The van der Waals surface area contributed by atoms with E-state index >= 15 is 0 Å². The number of imidazole rings is 1. The molecule has 0 radical (unpaired) electrons. The van der Waals surface area contributed by atoms with Crippen molar-refractivity contribution >= 4 is 11.6 Å². The zero-order valence-electron chi connectivity index (χ0n) is 15.5. The molecule has 28 heavy (non-hydrogen) atoms. The van der Waals surface area contributed by atoms with Crippen LogP contribution in [0.5, 0.6) is 0 Å². The third-order valence-electron chi connectivity index (χ3n) is 4.93. The first-order valence-corrected chi connectivity index (χ1v) is 9.81. The van der Waals surface area contributed by atoms with Gasteiger partial charge >= 0.3 is 0 Å². The summed E-state index contributed by atoms with van der Waals surface area (Å²) < 4.78 is 20.9. The molecule has 7 heteroatoms. The molecule has 146 valence electrons. The maximum absolute atomic E-state index is 13.4. The fraction of sp³-hybridized carbons (Fsp3) is 0.333. The number of benzene rings is 1. The number of morpholine rings is 1. The molecule has 0 saturated carbocycles. The van der Waals surface area contributed by atoms with Gasteiger partial charge in [-0.3, -0.25) is 4.90 Å². The third kappa shape index (κ3) is 4.41. The first-order valence-electron chi connectivity index (χ1n) is 9.44. The molecule has 3 aromatic rings. The Kier molecular flexibility index (Phi) is 6.00. The molecule has 5 nitrogen and oxygen atoms in total. The van der Waals surface area contributed by atoms with Crippen molar-refractivity contribution < 1.29 is 9.13 Å². The highest BCUT2D eigenvalue weighted by Gasteiger charge is 2.16. The van der Waals surface area contributed by atoms with Crippen LogP contribution in [0.2, 0.25) is 5.15 Å². The maximum atomic E-state index is 13.4. The largest absolute Gasteiger partial charge is 0.379 e. The maximum Gasteiger partial charge on any atom is 0.129 e. The zero-order chi connectivity index (χ0) is 19.3. The summed E-state index contributed by atoms with van der Waals surface area (Å²) in [6.45, 7) is 5.43. The summed E-state index contributed by atoms with van der Waals surface area (Å²) in [6, 6.07) is 10.2. The highest BCUT2D eigenvalue weighted by molar-refractivity contribution is 6.29. The SMILES string of the molecule is Fc1ccc(-c2ncn(CCCN3CCOCC3)c2-c2ccnc(Cl)c2)cc1. The molecule has 0 spiro atoms. The van der Waals surface area contributed by atoms with Gasteiger partial charge in [-0.1, -0.05) is 11.6 Å². The molecule has 4 rings (SSSR count). The fourth-order valence-electron chi connectivity index (χ4n) is 3.51. The summed E-state index contributed by atoms with van der Waals surface area (Å²) in [5.41, 5.74) is 3.60. The summed E-state index contributed by atoms with van der Waals surface area (Å²) in [6.07, 6.45) is 4.55. The third-order valence-corrected chi connectivity index (χ3v) is 5.14. The molecule has 0 amide bonds. The van der Waals surface area contributed by atoms with Crippen molar-refractivity contribution in [2.75, 3.05) is 32.8 Å². The number of pyridine rings is 1. The van der Waals surface area contributed by atoms with Crippen LogP contribution in [0.1, 0.15) is 6.42 Å². The van der Waals surface area contributed by atoms with Gasteiger partial charge in [0.25, 0.3) is 0 Å². The highest BCUT2D eigenvalue weighted by atomic mass is 35.5. The van der Waals surface area contributed by atoms with Crippen LogP contribution in [-0.4, -0.2) is 52.3 Å². The standard InChI is InChI=1S/C21H22ClFN4O/c22-19-14-17(6-7-24-19)21-20(16-2-4-18(23)5-3-16)25-15-27(21)9-1-8-26-10-12-28-13-11-26/h2-7,14-15H,1,8-13H2. The molecule has 0 N–H and O–H groups in total. The van der Waals surface area contributed by atoms with Gasteiger partial charge in [0.2, 0.25) is 0 Å². The van der Waals surface area contributed by atoms with Crippen molar-refractivity contribution in [1.29, 1.82) is 0 Å². The molecule has 1 aliphatic heterocycles. The van der Waals surface area contributed by atoms with Crippen molar-refractivity contribution in [3.8, 4) is 22.5 Å². The zero-order valence-corrected chi connectivity index (χ0v) is 16.3. The Balaban J connectivity index is 1.61. The first kappa shape index (κ1) is 19.1. The van der Waals surface area contributed by atoms with Gasteiger partial charge in [-0.25, -0.2) is 14.4 Å². The van der Waals surface area contributed by atoms with E-state index in [-0.39, 0.29) is 5.82 Å². The minimum Gasteiger partial charge on any atom is -0.379 e. The molecule has 3 heterocycles. The Morgan fingerprint density at radius 3 is 2.54 bits per heavy atom. The van der Waals surface area contributed by atoms with Gasteiger partial charge in [-0.15, -0.1) is 0 Å². The van der Waals surface area contributed by atoms with Crippen LogP contribution < -0.4 is 0 Å². The van der Waals surface area contributed by atoms with E-state index in [1.807, 2.05) is 18.5 Å². The number of nitrogens with zero attached hydrogens (tertiary/aromatic N) is 4. The van der Waals surface area contributed by atoms with Crippen LogP contribution in [-0.2, 0) is 11.3 Å². The van der Waals surface area contributed by atoms with Gasteiger partial charge in [-0.05, 0) is 42.8 Å². The Morgan fingerprint density at radius 1 is 1.00 bits per heavy atom. The Labute approximate surface area is 168 Å². The molecule has 0 atom stereocenters. The summed E-state index contributed by atoms with van der Waals surface area (Å²) in [7, 11) is 0. The number of ether oxygens (including phenoxy) is 1. The second-order valence-corrected chi connectivity index (χ2v) is 7.20. The van der Waals surface area contributed by atoms with E-state index in [4.69, 9.17) is 16.3 Å². The number of halogens is 2. The average molecular weight is 401 g/mol. The topological polar surface area (TPSA) is 43.2 Å². The smallest absolute Gasteiger partial charge is 0.129 e. The minimum atomic E-state index is -0.262. The van der Waals surface area contributed by atoms with Gasteiger partial charge in [0.15, 0.2) is 0 Å². The minimum absolute atomic E-state index is 0.262. The number of hydrogen-bond acceptors (Lipinski definition) is 4. The molecule has 0 unspecified atom stereocenters. The van der Waals surface area contributed by atoms with Crippen LogP contribution in [0.15, 0.2) is 48.9 Å². The lowest BCUT2D eigenvalue weighted by Crippen LogP contribution is -2.37. The first-order chi connectivity index (χ1) is 13.7. The molecule has 0 bridgehead atoms. The van der Waals surface area contributed by atoms with E-state index in [2.05, 4.69) is 19.4 Å². The number of aromatic nitrogens is 3. The summed E-state index contributed by atoms with van der Waals surface area (Å²) in [5.74, 6) is -0.262. The predicted octanol–water partition coefficient (Wildman–Crippen LogP) is 4.13. The van der Waals surface area contributed by atoms with Crippen molar-refractivity contribution in [3.63, 3.8) is 0 Å². The van der Waals surface area contributed by atoms with Crippen molar-refractivity contribution in [2.24, 2.45) is 0 Å². The Bertz CT molecular complexity index is 922. The molecular formula is C21H22ClFN4O. The molecule has 1 aromatic carbocycles. The van der Waals surface area contributed by atoms with Gasteiger partial charge in [0.05, 0.1) is 30.9 Å². The lowest BCUT2D eigenvalue weighted by molar-refractivity contribution is 0.0369. The molecule has 2 aromatic heterocycles. The quantitative estimate of drug-likeness (QED) is 0.583.